The summed E-state index contributed by atoms with van der Waals surface area (Å²) < 4.78 is 21.8. The van der Waals surface area contributed by atoms with Crippen molar-refractivity contribution in [1.82, 2.24) is 15.0 Å². The minimum atomic E-state index is -2.10. The van der Waals surface area contributed by atoms with Crippen LogP contribution in [0.15, 0.2) is 79.1 Å². The van der Waals surface area contributed by atoms with Gasteiger partial charge >= 0.3 is 0 Å². The van der Waals surface area contributed by atoms with Gasteiger partial charge in [-0.3, -0.25) is 9.19 Å². The molecule has 1 N–H and O–H groups in total. The first kappa shape index (κ1) is 17.3. The predicted octanol–water partition coefficient (Wildman–Crippen LogP) is 4.18. The molecule has 0 saturated carbocycles. The molecule has 1 atom stereocenters. The second-order valence-corrected chi connectivity index (χ2v) is 6.95. The third-order valence-electron chi connectivity index (χ3n) is 4.23. The van der Waals surface area contributed by atoms with Crippen LogP contribution in [0.2, 0.25) is 0 Å². The summed E-state index contributed by atoms with van der Waals surface area (Å²) in [5.41, 5.74) is 5.36. The van der Waals surface area contributed by atoms with Crippen molar-refractivity contribution in [2.45, 2.75) is 5.75 Å². The maximum absolute atomic E-state index is 10.9. The lowest BCUT2D eigenvalue weighted by Gasteiger charge is -2.07. The first-order valence-corrected chi connectivity index (χ1v) is 9.66. The van der Waals surface area contributed by atoms with Crippen LogP contribution >= 0.6 is 0 Å². The zero-order valence-corrected chi connectivity index (χ0v) is 15.1. The topological polar surface area (TPSA) is 81.7 Å². The summed E-state index contributed by atoms with van der Waals surface area (Å²) in [5.74, 6) is 0.787. The van der Waals surface area contributed by atoms with Gasteiger partial charge in [-0.15, -0.1) is 0 Å². The summed E-state index contributed by atoms with van der Waals surface area (Å²) in [6.45, 7) is 0. The van der Waals surface area contributed by atoms with Gasteiger partial charge in [0.15, 0.2) is 0 Å². The maximum Gasteiger partial charge on any atom is 0.138 e. The molecule has 0 saturated heterocycles. The van der Waals surface area contributed by atoms with Gasteiger partial charge in [-0.05, 0) is 17.7 Å². The first-order valence-electron chi connectivity index (χ1n) is 8.42. The van der Waals surface area contributed by atoms with E-state index in [-0.39, 0.29) is 5.75 Å². The Kier molecular flexibility index (Phi) is 4.91. The Balaban J connectivity index is 1.81. The highest BCUT2D eigenvalue weighted by atomic mass is 32.2. The van der Waals surface area contributed by atoms with Crippen LogP contribution in [0, 0.1) is 0 Å². The molecule has 0 fully saturated rings. The number of nitrogens with zero attached hydrogens (tertiary/aromatic N) is 2. The minimum absolute atomic E-state index is 0.00726. The third-order valence-corrected chi connectivity index (χ3v) is 4.80. The number of H-pyrrole nitrogens is 1. The standard InChI is InChI=1S/C21H17N3O2S/c25-27(26)14-15-6-8-16(9-7-15)19-20(17-10-12-22-13-11-17)24-21(23-19)18-4-2-1-3-5-18/h1-13H,14H2,(H,23,24)(H,25,26)/p-1. The summed E-state index contributed by atoms with van der Waals surface area (Å²) >= 11 is -2.10. The van der Waals surface area contributed by atoms with Gasteiger partial charge in [-0.25, -0.2) is 4.98 Å². The monoisotopic (exact) mass is 374 g/mol. The van der Waals surface area contributed by atoms with Gasteiger partial charge in [0.25, 0.3) is 0 Å². The van der Waals surface area contributed by atoms with Crippen molar-refractivity contribution in [3.63, 3.8) is 0 Å². The fourth-order valence-electron chi connectivity index (χ4n) is 2.94. The molecule has 0 radical (unpaired) electrons. The Hall–Kier alpha value is -3.09. The van der Waals surface area contributed by atoms with E-state index in [1.54, 1.807) is 12.4 Å². The average molecular weight is 374 g/mol. The lowest BCUT2D eigenvalue weighted by atomic mass is 10.0. The zero-order valence-electron chi connectivity index (χ0n) is 14.3. The Morgan fingerprint density at radius 3 is 2.22 bits per heavy atom. The Bertz CT molecular complexity index is 1060. The van der Waals surface area contributed by atoms with Gasteiger partial charge in [0, 0.05) is 34.8 Å². The molecule has 27 heavy (non-hydrogen) atoms. The van der Waals surface area contributed by atoms with E-state index in [0.717, 1.165) is 39.5 Å². The van der Waals surface area contributed by atoms with E-state index in [4.69, 9.17) is 4.98 Å². The highest BCUT2D eigenvalue weighted by Crippen LogP contribution is 2.32. The number of rotatable bonds is 5. The summed E-state index contributed by atoms with van der Waals surface area (Å²) in [6.07, 6.45) is 3.49. The van der Waals surface area contributed by atoms with E-state index >= 15 is 0 Å². The van der Waals surface area contributed by atoms with Gasteiger partial charge in [-0.2, -0.15) is 0 Å². The van der Waals surface area contributed by atoms with Crippen molar-refractivity contribution in [2.75, 3.05) is 0 Å². The van der Waals surface area contributed by atoms with Crippen LogP contribution in [0.3, 0.4) is 0 Å². The van der Waals surface area contributed by atoms with Crippen molar-refractivity contribution in [2.24, 2.45) is 0 Å². The van der Waals surface area contributed by atoms with Crippen LogP contribution in [0.25, 0.3) is 33.9 Å². The van der Waals surface area contributed by atoms with E-state index in [0.29, 0.717) is 0 Å². The third kappa shape index (κ3) is 3.86. The van der Waals surface area contributed by atoms with Crippen LogP contribution in [-0.4, -0.2) is 23.7 Å². The van der Waals surface area contributed by atoms with Crippen LogP contribution in [-0.2, 0) is 16.8 Å². The quantitative estimate of drug-likeness (QED) is 0.531. The maximum atomic E-state index is 10.9. The molecule has 1 unspecified atom stereocenters. The van der Waals surface area contributed by atoms with Crippen molar-refractivity contribution < 1.29 is 8.76 Å². The molecule has 4 rings (SSSR count). The Morgan fingerprint density at radius 2 is 1.56 bits per heavy atom. The normalized spacial score (nSPS) is 12.0. The van der Waals surface area contributed by atoms with Gasteiger partial charge in [0.2, 0.25) is 0 Å². The van der Waals surface area contributed by atoms with E-state index in [1.165, 1.54) is 0 Å². The molecule has 5 nitrogen and oxygen atoms in total. The number of aromatic amines is 1. The number of hydrogen-bond acceptors (Lipinski definition) is 4. The molecule has 0 spiro atoms. The van der Waals surface area contributed by atoms with Gasteiger partial charge < -0.3 is 9.54 Å². The van der Waals surface area contributed by atoms with E-state index in [9.17, 15) is 8.76 Å². The average Bonchev–Trinajstić information content (AvgIpc) is 3.15. The second kappa shape index (κ2) is 7.65. The minimum Gasteiger partial charge on any atom is -0.772 e. The fourth-order valence-corrected chi connectivity index (χ4v) is 3.40. The molecule has 0 aliphatic heterocycles. The van der Waals surface area contributed by atoms with E-state index in [1.807, 2.05) is 66.7 Å². The lowest BCUT2D eigenvalue weighted by molar-refractivity contribution is 0.536. The molecule has 0 aliphatic carbocycles. The molecule has 2 aromatic carbocycles. The Labute approximate surface area is 159 Å². The van der Waals surface area contributed by atoms with Crippen molar-refractivity contribution in [1.29, 1.82) is 0 Å². The number of aromatic nitrogens is 3. The SMILES string of the molecule is O=S([O-])Cc1ccc(-c2nc(-c3ccccc3)[nH]c2-c2ccncc2)cc1. The molecule has 2 aromatic heterocycles. The smallest absolute Gasteiger partial charge is 0.138 e. The van der Waals surface area contributed by atoms with Crippen LogP contribution < -0.4 is 0 Å². The highest BCUT2D eigenvalue weighted by molar-refractivity contribution is 7.78. The molecule has 2 heterocycles. The number of benzene rings is 2. The molecular weight excluding hydrogens is 358 g/mol. The molecular formula is C21H16N3O2S-. The Morgan fingerprint density at radius 1 is 0.852 bits per heavy atom. The lowest BCUT2D eigenvalue weighted by Crippen LogP contribution is -1.93. The molecule has 0 bridgehead atoms. The number of imidazole rings is 1. The van der Waals surface area contributed by atoms with Crippen molar-refractivity contribution in [3.05, 3.63) is 84.7 Å². The van der Waals surface area contributed by atoms with Gasteiger partial charge in [0.1, 0.15) is 5.82 Å². The van der Waals surface area contributed by atoms with Crippen LogP contribution in [0.1, 0.15) is 5.56 Å². The number of nitrogens with one attached hydrogen (secondary N) is 1. The molecule has 4 aromatic rings. The van der Waals surface area contributed by atoms with Gasteiger partial charge in [-0.1, -0.05) is 65.7 Å². The van der Waals surface area contributed by atoms with Gasteiger partial charge in [0.05, 0.1) is 11.4 Å². The molecule has 0 aliphatic rings. The number of pyridine rings is 1. The highest BCUT2D eigenvalue weighted by Gasteiger charge is 2.15. The number of hydrogen-bond donors (Lipinski definition) is 1. The predicted molar refractivity (Wildman–Crippen MR) is 105 cm³/mol. The van der Waals surface area contributed by atoms with E-state index < -0.39 is 11.1 Å². The zero-order chi connectivity index (χ0) is 18.6. The molecule has 0 amide bonds. The summed E-state index contributed by atoms with van der Waals surface area (Å²) in [7, 11) is 0. The summed E-state index contributed by atoms with van der Waals surface area (Å²) in [5, 5.41) is 0. The first-order chi connectivity index (χ1) is 13.2. The van der Waals surface area contributed by atoms with Crippen molar-refractivity contribution >= 4 is 11.1 Å². The summed E-state index contributed by atoms with van der Waals surface area (Å²) in [6, 6.07) is 21.2. The fraction of sp³-hybridized carbons (Fsp3) is 0.0476. The molecule has 134 valence electrons. The largest absolute Gasteiger partial charge is 0.772 e. The summed E-state index contributed by atoms with van der Waals surface area (Å²) in [4.78, 5) is 12.3. The molecule has 6 heteroatoms. The van der Waals surface area contributed by atoms with Crippen LogP contribution in [0.5, 0.6) is 0 Å². The van der Waals surface area contributed by atoms with E-state index in [2.05, 4.69) is 9.97 Å². The van der Waals surface area contributed by atoms with Crippen LogP contribution in [0.4, 0.5) is 0 Å². The van der Waals surface area contributed by atoms with Crippen molar-refractivity contribution in [3.8, 4) is 33.9 Å². The second-order valence-electron chi connectivity index (χ2n) is 6.06.